The summed E-state index contributed by atoms with van der Waals surface area (Å²) in [5.41, 5.74) is 0. The van der Waals surface area contributed by atoms with Crippen LogP contribution in [0.5, 0.6) is 0 Å². The van der Waals surface area contributed by atoms with Crippen molar-refractivity contribution in [2.45, 2.75) is 12.8 Å². The molecular weight excluding hydrogens is 110 g/mol. The first-order chi connectivity index (χ1) is 3.56. The van der Waals surface area contributed by atoms with Crippen molar-refractivity contribution < 1.29 is 8.78 Å². The highest BCUT2D eigenvalue weighted by Gasteiger charge is 2.13. The lowest BCUT2D eigenvalue weighted by Crippen LogP contribution is -2.02. The largest absolute Gasteiger partial charge is 0.264 e. The van der Waals surface area contributed by atoms with E-state index < -0.39 is 5.92 Å². The third-order valence-corrected chi connectivity index (χ3v) is 0.525. The van der Waals surface area contributed by atoms with Crippen LogP contribution in [0.4, 0.5) is 8.78 Å². The highest BCUT2D eigenvalue weighted by molar-refractivity contribution is 5.02. The molecule has 0 fully saturated rings. The molecule has 8 heavy (non-hydrogen) atoms. The second-order valence-electron chi connectivity index (χ2n) is 1.55. The number of rotatable bonds is 2. The topological polar surface area (TPSA) is 0 Å². The number of hydrogen-bond donors (Lipinski definition) is 0. The quantitative estimate of drug-likeness (QED) is 0.488. The standard InChI is InChI=1S/C6H8F2/c1-3-4-5-6(2,7)8/h3-5H,1H2,2H3/b5-4-. The summed E-state index contributed by atoms with van der Waals surface area (Å²) in [5.74, 6) is -2.70. The van der Waals surface area contributed by atoms with Crippen LogP contribution in [-0.2, 0) is 0 Å². The smallest absolute Gasteiger partial charge is 0.202 e. The Morgan fingerprint density at radius 1 is 1.50 bits per heavy atom. The van der Waals surface area contributed by atoms with Crippen LogP contribution in [0.2, 0.25) is 0 Å². The molecule has 0 unspecified atom stereocenters. The number of alkyl halides is 2. The molecule has 0 aromatic carbocycles. The first-order valence-electron chi connectivity index (χ1n) is 2.24. The van der Waals surface area contributed by atoms with E-state index in [0.29, 0.717) is 0 Å². The molecule has 0 rings (SSSR count). The Balaban J connectivity index is 3.69. The van der Waals surface area contributed by atoms with E-state index in [9.17, 15) is 8.78 Å². The van der Waals surface area contributed by atoms with Gasteiger partial charge in [0.1, 0.15) is 0 Å². The summed E-state index contributed by atoms with van der Waals surface area (Å²) < 4.78 is 23.5. The summed E-state index contributed by atoms with van der Waals surface area (Å²) in [6, 6.07) is 0. The fourth-order valence-electron chi connectivity index (χ4n) is 0.237. The van der Waals surface area contributed by atoms with Crippen molar-refractivity contribution in [3.05, 3.63) is 24.8 Å². The Morgan fingerprint density at radius 2 is 2.00 bits per heavy atom. The highest BCUT2D eigenvalue weighted by Crippen LogP contribution is 2.12. The zero-order valence-electron chi connectivity index (χ0n) is 4.70. The molecule has 0 aliphatic heterocycles. The van der Waals surface area contributed by atoms with Gasteiger partial charge in [-0.05, 0) is 6.08 Å². The lowest BCUT2D eigenvalue weighted by atomic mass is 10.3. The molecule has 0 aromatic rings. The molecule has 0 radical (unpaired) electrons. The Hall–Kier alpha value is -0.660. The van der Waals surface area contributed by atoms with E-state index in [1.165, 1.54) is 12.2 Å². The Morgan fingerprint density at radius 3 is 2.12 bits per heavy atom. The van der Waals surface area contributed by atoms with Crippen molar-refractivity contribution in [3.63, 3.8) is 0 Å². The molecule has 0 aliphatic carbocycles. The SMILES string of the molecule is C=C/C=C\C(C)(F)F. The van der Waals surface area contributed by atoms with Gasteiger partial charge in [0, 0.05) is 6.92 Å². The van der Waals surface area contributed by atoms with Crippen molar-refractivity contribution in [2.24, 2.45) is 0 Å². The van der Waals surface area contributed by atoms with Crippen molar-refractivity contribution >= 4 is 0 Å². The van der Waals surface area contributed by atoms with Gasteiger partial charge in [0.25, 0.3) is 5.92 Å². The summed E-state index contributed by atoms with van der Waals surface area (Å²) in [6.07, 6.45) is 3.33. The molecule has 0 amide bonds. The van der Waals surface area contributed by atoms with Gasteiger partial charge in [-0.3, -0.25) is 0 Å². The molecule has 0 saturated carbocycles. The van der Waals surface area contributed by atoms with E-state index in [1.54, 1.807) is 0 Å². The molecule has 46 valence electrons. The number of halogens is 2. The molecule has 2 heteroatoms. The van der Waals surface area contributed by atoms with Crippen molar-refractivity contribution in [1.29, 1.82) is 0 Å². The fourth-order valence-corrected chi connectivity index (χ4v) is 0.237. The molecule has 0 heterocycles. The maximum atomic E-state index is 11.8. The molecular formula is C6H8F2. The van der Waals surface area contributed by atoms with Crippen LogP contribution in [-0.4, -0.2) is 5.92 Å². The fraction of sp³-hybridized carbons (Fsp3) is 0.333. The monoisotopic (exact) mass is 118 g/mol. The zero-order chi connectivity index (χ0) is 6.62. The summed E-state index contributed by atoms with van der Waals surface area (Å²) in [7, 11) is 0. The minimum absolute atomic E-state index is 0.792. The Kier molecular flexibility index (Phi) is 2.38. The van der Waals surface area contributed by atoms with Gasteiger partial charge in [0.2, 0.25) is 0 Å². The number of hydrogen-bond acceptors (Lipinski definition) is 0. The van der Waals surface area contributed by atoms with Gasteiger partial charge < -0.3 is 0 Å². The lowest BCUT2D eigenvalue weighted by Gasteiger charge is -1.99. The van der Waals surface area contributed by atoms with Crippen LogP contribution in [0.1, 0.15) is 6.92 Å². The van der Waals surface area contributed by atoms with Gasteiger partial charge in [0.15, 0.2) is 0 Å². The first kappa shape index (κ1) is 7.34. The maximum Gasteiger partial charge on any atom is 0.264 e. The molecule has 0 atom stereocenters. The van der Waals surface area contributed by atoms with Crippen molar-refractivity contribution in [2.75, 3.05) is 0 Å². The third kappa shape index (κ3) is 5.34. The van der Waals surface area contributed by atoms with Gasteiger partial charge in [-0.2, -0.15) is 0 Å². The minimum atomic E-state index is -2.70. The lowest BCUT2D eigenvalue weighted by molar-refractivity contribution is 0.0775. The van der Waals surface area contributed by atoms with E-state index in [2.05, 4.69) is 6.58 Å². The van der Waals surface area contributed by atoms with Gasteiger partial charge in [-0.1, -0.05) is 18.7 Å². The Labute approximate surface area is 47.5 Å². The van der Waals surface area contributed by atoms with Crippen LogP contribution in [0.25, 0.3) is 0 Å². The van der Waals surface area contributed by atoms with Gasteiger partial charge in [0.05, 0.1) is 0 Å². The zero-order valence-corrected chi connectivity index (χ0v) is 4.70. The van der Waals surface area contributed by atoms with Gasteiger partial charge in [-0.25, -0.2) is 8.78 Å². The van der Waals surface area contributed by atoms with Crippen LogP contribution >= 0.6 is 0 Å². The second-order valence-corrected chi connectivity index (χ2v) is 1.55. The Bertz CT molecular complexity index is 97.6. The summed E-state index contributed by atoms with van der Waals surface area (Å²) in [4.78, 5) is 0. The van der Waals surface area contributed by atoms with Crippen LogP contribution in [0.15, 0.2) is 24.8 Å². The minimum Gasteiger partial charge on any atom is -0.202 e. The van der Waals surface area contributed by atoms with E-state index in [0.717, 1.165) is 13.0 Å². The van der Waals surface area contributed by atoms with E-state index >= 15 is 0 Å². The van der Waals surface area contributed by atoms with Crippen molar-refractivity contribution in [3.8, 4) is 0 Å². The van der Waals surface area contributed by atoms with Crippen LogP contribution in [0, 0.1) is 0 Å². The average Bonchev–Trinajstić information content (AvgIpc) is 1.59. The first-order valence-corrected chi connectivity index (χ1v) is 2.24. The van der Waals surface area contributed by atoms with E-state index in [-0.39, 0.29) is 0 Å². The predicted octanol–water partition coefficient (Wildman–Crippen LogP) is 2.38. The molecule has 0 saturated heterocycles. The molecule has 0 aliphatic rings. The number of allylic oxidation sites excluding steroid dienone is 3. The second kappa shape index (κ2) is 2.60. The molecule has 0 aromatic heterocycles. The summed E-state index contributed by atoms with van der Waals surface area (Å²) >= 11 is 0. The summed E-state index contributed by atoms with van der Waals surface area (Å²) in [6.45, 7) is 4.07. The highest BCUT2D eigenvalue weighted by atomic mass is 19.3. The van der Waals surface area contributed by atoms with Crippen LogP contribution < -0.4 is 0 Å². The van der Waals surface area contributed by atoms with E-state index in [1.807, 2.05) is 0 Å². The third-order valence-electron chi connectivity index (χ3n) is 0.525. The van der Waals surface area contributed by atoms with Crippen LogP contribution in [0.3, 0.4) is 0 Å². The molecule has 0 N–H and O–H groups in total. The van der Waals surface area contributed by atoms with Gasteiger partial charge >= 0.3 is 0 Å². The van der Waals surface area contributed by atoms with Gasteiger partial charge in [-0.15, -0.1) is 0 Å². The normalized spacial score (nSPS) is 12.4. The maximum absolute atomic E-state index is 11.8. The molecule has 0 nitrogen and oxygen atoms in total. The summed E-state index contributed by atoms with van der Waals surface area (Å²) in [5, 5.41) is 0. The predicted molar refractivity (Wildman–Crippen MR) is 30.0 cm³/mol. The molecule has 0 spiro atoms. The van der Waals surface area contributed by atoms with E-state index in [4.69, 9.17) is 0 Å². The average molecular weight is 118 g/mol. The van der Waals surface area contributed by atoms with Crippen molar-refractivity contribution in [1.82, 2.24) is 0 Å². The molecule has 0 bridgehead atoms.